The Bertz CT molecular complexity index is 644. The number of fused-ring (bicyclic) bond motifs is 1. The summed E-state index contributed by atoms with van der Waals surface area (Å²) in [5.74, 6) is 0. The number of nitrogens with zero attached hydrogens (tertiary/aromatic N) is 2. The summed E-state index contributed by atoms with van der Waals surface area (Å²) in [4.78, 5) is 1.29. The number of aromatic nitrogens is 2. The lowest BCUT2D eigenvalue weighted by Crippen LogP contribution is -1.94. The molecule has 0 aliphatic carbocycles. The smallest absolute Gasteiger partial charge is 0.0723 e. The van der Waals surface area contributed by atoms with Crippen LogP contribution in [0.5, 0.6) is 0 Å². The zero-order chi connectivity index (χ0) is 11.7. The Morgan fingerprint density at radius 2 is 2.06 bits per heavy atom. The van der Waals surface area contributed by atoms with Crippen molar-refractivity contribution in [2.45, 2.75) is 4.90 Å². The van der Waals surface area contributed by atoms with E-state index in [0.717, 1.165) is 5.69 Å². The number of benzene rings is 2. The molecule has 2 nitrogen and oxygen atoms in total. The van der Waals surface area contributed by atoms with Crippen molar-refractivity contribution >= 4 is 22.5 Å². The van der Waals surface area contributed by atoms with Gasteiger partial charge in [-0.15, -0.1) is 11.8 Å². The molecule has 84 valence electrons. The van der Waals surface area contributed by atoms with Gasteiger partial charge in [-0.05, 0) is 35.9 Å². The van der Waals surface area contributed by atoms with Crippen LogP contribution in [-0.2, 0) is 0 Å². The second-order valence-corrected chi connectivity index (χ2v) is 4.69. The number of thioether (sulfide) groups is 1. The van der Waals surface area contributed by atoms with Crippen LogP contribution in [0.3, 0.4) is 0 Å². The average Bonchev–Trinajstić information content (AvgIpc) is 2.91. The van der Waals surface area contributed by atoms with Crippen LogP contribution in [0.2, 0.25) is 0 Å². The van der Waals surface area contributed by atoms with E-state index in [1.165, 1.54) is 15.7 Å². The van der Waals surface area contributed by atoms with Gasteiger partial charge in [-0.1, -0.05) is 18.2 Å². The number of hydrogen-bond acceptors (Lipinski definition) is 2. The lowest BCUT2D eigenvalue weighted by atomic mass is 10.1. The van der Waals surface area contributed by atoms with Gasteiger partial charge in [0.15, 0.2) is 0 Å². The van der Waals surface area contributed by atoms with Gasteiger partial charge >= 0.3 is 0 Å². The molecule has 0 saturated carbocycles. The Labute approximate surface area is 104 Å². The molecule has 0 saturated heterocycles. The molecule has 1 aromatic heterocycles. The van der Waals surface area contributed by atoms with Gasteiger partial charge in [0, 0.05) is 22.7 Å². The van der Waals surface area contributed by atoms with Gasteiger partial charge in [0.25, 0.3) is 0 Å². The highest BCUT2D eigenvalue weighted by atomic mass is 32.2. The van der Waals surface area contributed by atoms with Crippen LogP contribution in [0.4, 0.5) is 0 Å². The van der Waals surface area contributed by atoms with Crippen molar-refractivity contribution in [3.8, 4) is 5.69 Å². The largest absolute Gasteiger partial charge is 0.240 e. The van der Waals surface area contributed by atoms with Crippen molar-refractivity contribution in [1.29, 1.82) is 0 Å². The molecule has 0 radical (unpaired) electrons. The molecule has 3 rings (SSSR count). The van der Waals surface area contributed by atoms with Crippen LogP contribution in [0, 0.1) is 0 Å². The Morgan fingerprint density at radius 3 is 2.82 bits per heavy atom. The van der Waals surface area contributed by atoms with Crippen molar-refractivity contribution in [2.75, 3.05) is 6.26 Å². The highest BCUT2D eigenvalue weighted by Crippen LogP contribution is 2.26. The summed E-state index contributed by atoms with van der Waals surface area (Å²) in [6, 6.07) is 14.8. The van der Waals surface area contributed by atoms with E-state index in [4.69, 9.17) is 0 Å². The quantitative estimate of drug-likeness (QED) is 0.635. The summed E-state index contributed by atoms with van der Waals surface area (Å²) in [5, 5.41) is 6.78. The summed E-state index contributed by atoms with van der Waals surface area (Å²) in [7, 11) is 0. The van der Waals surface area contributed by atoms with Crippen molar-refractivity contribution in [1.82, 2.24) is 9.78 Å². The molecule has 0 aliphatic rings. The first-order valence-corrected chi connectivity index (χ1v) is 6.68. The monoisotopic (exact) mass is 240 g/mol. The molecular formula is C14H12N2S. The average molecular weight is 240 g/mol. The standard InChI is InChI=1S/C14H12N2S/c1-17-12-6-7-13-11(10-12)4-2-5-14(13)16-9-3-8-15-16/h2-10H,1H3. The van der Waals surface area contributed by atoms with Gasteiger partial charge in [0.05, 0.1) is 5.69 Å². The zero-order valence-electron chi connectivity index (χ0n) is 9.50. The van der Waals surface area contributed by atoms with E-state index in [1.54, 1.807) is 18.0 Å². The fraction of sp³-hybridized carbons (Fsp3) is 0.0714. The fourth-order valence-corrected chi connectivity index (χ4v) is 2.43. The van der Waals surface area contributed by atoms with Crippen LogP contribution in [0.1, 0.15) is 0 Å². The minimum Gasteiger partial charge on any atom is -0.240 e. The third-order valence-electron chi connectivity index (χ3n) is 2.82. The van der Waals surface area contributed by atoms with Crippen LogP contribution in [0.25, 0.3) is 16.5 Å². The maximum Gasteiger partial charge on any atom is 0.0723 e. The third kappa shape index (κ3) is 1.83. The molecule has 3 heteroatoms. The maximum absolute atomic E-state index is 4.29. The summed E-state index contributed by atoms with van der Waals surface area (Å²) in [5.41, 5.74) is 1.13. The van der Waals surface area contributed by atoms with Crippen LogP contribution >= 0.6 is 11.8 Å². The van der Waals surface area contributed by atoms with Crippen molar-refractivity contribution in [3.63, 3.8) is 0 Å². The summed E-state index contributed by atoms with van der Waals surface area (Å²) >= 11 is 1.76. The summed E-state index contributed by atoms with van der Waals surface area (Å²) in [6.45, 7) is 0. The molecule has 0 atom stereocenters. The van der Waals surface area contributed by atoms with E-state index in [0.29, 0.717) is 0 Å². The summed E-state index contributed by atoms with van der Waals surface area (Å²) in [6.07, 6.45) is 5.87. The molecule has 0 spiro atoms. The predicted molar refractivity (Wildman–Crippen MR) is 72.9 cm³/mol. The van der Waals surface area contributed by atoms with E-state index < -0.39 is 0 Å². The van der Waals surface area contributed by atoms with Gasteiger partial charge in [-0.2, -0.15) is 5.10 Å². The number of hydrogen-bond donors (Lipinski definition) is 0. The topological polar surface area (TPSA) is 17.8 Å². The van der Waals surface area contributed by atoms with Gasteiger partial charge in [0.2, 0.25) is 0 Å². The molecule has 1 heterocycles. The normalized spacial score (nSPS) is 10.9. The SMILES string of the molecule is CSc1ccc2c(-n3cccn3)cccc2c1. The highest BCUT2D eigenvalue weighted by Gasteiger charge is 2.03. The van der Waals surface area contributed by atoms with Crippen LogP contribution in [-0.4, -0.2) is 16.0 Å². The van der Waals surface area contributed by atoms with Gasteiger partial charge in [0.1, 0.15) is 0 Å². The van der Waals surface area contributed by atoms with Gasteiger partial charge in [-0.3, -0.25) is 0 Å². The zero-order valence-corrected chi connectivity index (χ0v) is 10.3. The van der Waals surface area contributed by atoms with Crippen molar-refractivity contribution in [3.05, 3.63) is 54.9 Å². The van der Waals surface area contributed by atoms with Crippen molar-refractivity contribution in [2.24, 2.45) is 0 Å². The molecule has 2 aromatic carbocycles. The van der Waals surface area contributed by atoms with Crippen LogP contribution < -0.4 is 0 Å². The van der Waals surface area contributed by atoms with Crippen LogP contribution in [0.15, 0.2) is 59.8 Å². The Balaban J connectivity index is 2.27. The van der Waals surface area contributed by atoms with E-state index in [9.17, 15) is 0 Å². The third-order valence-corrected chi connectivity index (χ3v) is 3.54. The first-order chi connectivity index (χ1) is 8.38. The van der Waals surface area contributed by atoms with Crippen molar-refractivity contribution < 1.29 is 0 Å². The first kappa shape index (κ1) is 10.4. The fourth-order valence-electron chi connectivity index (χ4n) is 1.98. The maximum atomic E-state index is 4.29. The second kappa shape index (κ2) is 4.26. The predicted octanol–water partition coefficient (Wildman–Crippen LogP) is 3.75. The molecule has 0 aliphatic heterocycles. The Hall–Kier alpha value is -1.74. The molecule has 17 heavy (non-hydrogen) atoms. The van der Waals surface area contributed by atoms with E-state index >= 15 is 0 Å². The lowest BCUT2D eigenvalue weighted by Gasteiger charge is -2.07. The molecule has 0 fully saturated rings. The minimum absolute atomic E-state index is 1.13. The Kier molecular flexibility index (Phi) is 2.61. The number of rotatable bonds is 2. The first-order valence-electron chi connectivity index (χ1n) is 5.45. The van der Waals surface area contributed by atoms with E-state index in [-0.39, 0.29) is 0 Å². The molecule has 0 bridgehead atoms. The molecule has 3 aromatic rings. The highest BCUT2D eigenvalue weighted by molar-refractivity contribution is 7.98. The molecule has 0 unspecified atom stereocenters. The molecular weight excluding hydrogens is 228 g/mol. The van der Waals surface area contributed by atoms with E-state index in [1.807, 2.05) is 16.9 Å². The molecule has 0 amide bonds. The van der Waals surface area contributed by atoms with Gasteiger partial charge < -0.3 is 0 Å². The minimum atomic E-state index is 1.13. The molecule has 0 N–H and O–H groups in total. The van der Waals surface area contributed by atoms with E-state index in [2.05, 4.69) is 47.8 Å². The summed E-state index contributed by atoms with van der Waals surface area (Å²) < 4.78 is 1.90. The second-order valence-electron chi connectivity index (χ2n) is 3.81. The van der Waals surface area contributed by atoms with Gasteiger partial charge in [-0.25, -0.2) is 4.68 Å². The lowest BCUT2D eigenvalue weighted by molar-refractivity contribution is 0.888. The Morgan fingerprint density at radius 1 is 1.12 bits per heavy atom.